The Morgan fingerprint density at radius 3 is 2.61 bits per heavy atom. The van der Waals surface area contributed by atoms with Gasteiger partial charge in [0.2, 0.25) is 5.95 Å². The van der Waals surface area contributed by atoms with Crippen molar-refractivity contribution in [1.82, 2.24) is 24.1 Å². The van der Waals surface area contributed by atoms with Crippen LogP contribution in [0.1, 0.15) is 22.4 Å². The molecule has 0 saturated carbocycles. The number of anilines is 1. The van der Waals surface area contributed by atoms with E-state index >= 15 is 0 Å². The maximum atomic E-state index is 12.6. The van der Waals surface area contributed by atoms with Crippen molar-refractivity contribution in [2.24, 2.45) is 7.05 Å². The zero-order chi connectivity index (χ0) is 16.9. The lowest BCUT2D eigenvalue weighted by molar-refractivity contribution is 0.712. The third-order valence-corrected chi connectivity index (χ3v) is 4.52. The standard InChI is InChI=1S/C15H17ClN6O/c1-7-5-18-10(9(3)8(7)2)6-22-13-11(21(4)15(22)23)12(16)19-14(17)20-13/h5H,6H2,1-4H3,(H2,17,19,20). The van der Waals surface area contributed by atoms with Gasteiger partial charge in [0.15, 0.2) is 10.8 Å². The Hall–Kier alpha value is -2.41. The zero-order valence-electron chi connectivity index (χ0n) is 13.4. The van der Waals surface area contributed by atoms with Crippen molar-refractivity contribution in [2.75, 3.05) is 5.73 Å². The molecule has 0 amide bonds. The number of hydrogen-bond donors (Lipinski definition) is 1. The molecule has 0 aliphatic heterocycles. The first-order valence-electron chi connectivity index (χ1n) is 7.11. The smallest absolute Gasteiger partial charge is 0.330 e. The molecule has 0 saturated heterocycles. The minimum atomic E-state index is -0.235. The lowest BCUT2D eigenvalue weighted by Crippen LogP contribution is -2.23. The molecule has 8 heteroatoms. The van der Waals surface area contributed by atoms with Gasteiger partial charge in [0.1, 0.15) is 5.52 Å². The number of hydrogen-bond acceptors (Lipinski definition) is 5. The maximum absolute atomic E-state index is 12.6. The van der Waals surface area contributed by atoms with Crippen LogP contribution in [0.15, 0.2) is 11.0 Å². The number of fused-ring (bicyclic) bond motifs is 1. The molecule has 0 unspecified atom stereocenters. The summed E-state index contributed by atoms with van der Waals surface area (Å²) >= 11 is 6.11. The second-order valence-electron chi connectivity index (χ2n) is 5.61. The number of nitrogens with two attached hydrogens (primary N) is 1. The van der Waals surface area contributed by atoms with E-state index in [0.29, 0.717) is 17.7 Å². The van der Waals surface area contributed by atoms with E-state index in [0.717, 1.165) is 22.4 Å². The number of aryl methyl sites for hydroxylation is 2. The first-order chi connectivity index (χ1) is 10.8. The van der Waals surface area contributed by atoms with Crippen LogP contribution in [0.3, 0.4) is 0 Å². The Labute approximate surface area is 137 Å². The summed E-state index contributed by atoms with van der Waals surface area (Å²) in [7, 11) is 1.63. The molecule has 120 valence electrons. The second-order valence-corrected chi connectivity index (χ2v) is 5.97. The fourth-order valence-electron chi connectivity index (χ4n) is 2.61. The van der Waals surface area contributed by atoms with E-state index in [1.54, 1.807) is 7.05 Å². The fourth-order valence-corrected chi connectivity index (χ4v) is 2.91. The SMILES string of the molecule is Cc1cnc(Cn2c(=O)n(C)c3c(Cl)nc(N)nc32)c(C)c1C. The predicted molar refractivity (Wildman–Crippen MR) is 89.7 cm³/mol. The fraction of sp³-hybridized carbons (Fsp3) is 0.333. The van der Waals surface area contributed by atoms with Crippen molar-refractivity contribution in [3.63, 3.8) is 0 Å². The van der Waals surface area contributed by atoms with Crippen LogP contribution < -0.4 is 11.4 Å². The van der Waals surface area contributed by atoms with Crippen LogP contribution >= 0.6 is 11.6 Å². The molecule has 2 N–H and O–H groups in total. The Balaban J connectivity index is 2.24. The minimum absolute atomic E-state index is 0.0339. The Morgan fingerprint density at radius 2 is 1.91 bits per heavy atom. The van der Waals surface area contributed by atoms with E-state index in [1.165, 1.54) is 9.13 Å². The van der Waals surface area contributed by atoms with Gasteiger partial charge in [0.05, 0.1) is 12.2 Å². The van der Waals surface area contributed by atoms with Gasteiger partial charge in [-0.15, -0.1) is 0 Å². The highest BCUT2D eigenvalue weighted by molar-refractivity contribution is 6.33. The lowest BCUT2D eigenvalue weighted by Gasteiger charge is -2.10. The van der Waals surface area contributed by atoms with E-state index in [9.17, 15) is 4.79 Å². The number of rotatable bonds is 2. The summed E-state index contributed by atoms with van der Waals surface area (Å²) in [5.41, 5.74) is 10.5. The molecule has 3 aromatic heterocycles. The molecule has 3 rings (SSSR count). The van der Waals surface area contributed by atoms with Gasteiger partial charge in [-0.25, -0.2) is 4.79 Å². The van der Waals surface area contributed by atoms with E-state index in [2.05, 4.69) is 15.0 Å². The molecule has 0 fully saturated rings. The Morgan fingerprint density at radius 1 is 1.22 bits per heavy atom. The number of nitrogen functional groups attached to an aromatic ring is 1. The highest BCUT2D eigenvalue weighted by atomic mass is 35.5. The average molecular weight is 333 g/mol. The molecule has 0 aliphatic carbocycles. The van der Waals surface area contributed by atoms with Gasteiger partial charge in [0, 0.05) is 13.2 Å². The van der Waals surface area contributed by atoms with E-state index in [-0.39, 0.29) is 16.8 Å². The molecular weight excluding hydrogens is 316 g/mol. The summed E-state index contributed by atoms with van der Waals surface area (Å²) in [5.74, 6) is 0.0339. The Bertz CT molecular complexity index is 988. The second kappa shape index (κ2) is 5.34. The molecule has 0 aromatic carbocycles. The van der Waals surface area contributed by atoms with Crippen molar-refractivity contribution in [3.8, 4) is 0 Å². The van der Waals surface area contributed by atoms with E-state index in [1.807, 2.05) is 27.0 Å². The monoisotopic (exact) mass is 332 g/mol. The topological polar surface area (TPSA) is 91.6 Å². The van der Waals surface area contributed by atoms with Crippen molar-refractivity contribution >= 4 is 28.7 Å². The largest absolute Gasteiger partial charge is 0.368 e. The summed E-state index contributed by atoms with van der Waals surface area (Å²) in [6.45, 7) is 6.35. The number of halogens is 1. The van der Waals surface area contributed by atoms with Gasteiger partial charge in [-0.3, -0.25) is 14.1 Å². The quantitative estimate of drug-likeness (QED) is 0.722. The summed E-state index contributed by atoms with van der Waals surface area (Å²) in [6, 6.07) is 0. The lowest BCUT2D eigenvalue weighted by atomic mass is 10.0. The average Bonchev–Trinajstić information content (AvgIpc) is 2.72. The first-order valence-corrected chi connectivity index (χ1v) is 7.49. The van der Waals surface area contributed by atoms with Gasteiger partial charge in [-0.2, -0.15) is 9.97 Å². The summed E-state index contributed by atoms with van der Waals surface area (Å²) in [5, 5.41) is 0.163. The normalized spacial score (nSPS) is 11.3. The Kier molecular flexibility index (Phi) is 3.60. The number of pyridine rings is 1. The summed E-state index contributed by atoms with van der Waals surface area (Å²) in [6.07, 6.45) is 1.81. The molecule has 7 nitrogen and oxygen atoms in total. The molecule has 0 radical (unpaired) electrons. The highest BCUT2D eigenvalue weighted by Crippen LogP contribution is 2.21. The molecule has 3 aromatic rings. The highest BCUT2D eigenvalue weighted by Gasteiger charge is 2.18. The van der Waals surface area contributed by atoms with Crippen molar-refractivity contribution in [1.29, 1.82) is 0 Å². The number of aromatic nitrogens is 5. The van der Waals surface area contributed by atoms with Gasteiger partial charge in [-0.05, 0) is 37.5 Å². The maximum Gasteiger partial charge on any atom is 0.330 e. The summed E-state index contributed by atoms with van der Waals surface area (Å²) < 4.78 is 2.94. The van der Waals surface area contributed by atoms with Crippen LogP contribution in [-0.4, -0.2) is 24.1 Å². The minimum Gasteiger partial charge on any atom is -0.368 e. The van der Waals surface area contributed by atoms with E-state index < -0.39 is 0 Å². The van der Waals surface area contributed by atoms with Crippen LogP contribution in [0.2, 0.25) is 5.15 Å². The summed E-state index contributed by atoms with van der Waals surface area (Å²) in [4.78, 5) is 25.1. The molecule has 0 spiro atoms. The van der Waals surface area contributed by atoms with Crippen LogP contribution in [0.4, 0.5) is 5.95 Å². The first kappa shape index (κ1) is 15.5. The molecule has 0 atom stereocenters. The molecule has 0 bridgehead atoms. The van der Waals surface area contributed by atoms with Gasteiger partial charge in [0.25, 0.3) is 0 Å². The van der Waals surface area contributed by atoms with Crippen LogP contribution in [0.5, 0.6) is 0 Å². The molecule has 0 aliphatic rings. The van der Waals surface area contributed by atoms with Gasteiger partial charge >= 0.3 is 5.69 Å². The third kappa shape index (κ3) is 2.37. The number of nitrogens with zero attached hydrogens (tertiary/aromatic N) is 5. The van der Waals surface area contributed by atoms with E-state index in [4.69, 9.17) is 17.3 Å². The van der Waals surface area contributed by atoms with Crippen molar-refractivity contribution in [2.45, 2.75) is 27.3 Å². The molecule has 3 heterocycles. The molecular formula is C15H17ClN6O. The zero-order valence-corrected chi connectivity index (χ0v) is 14.1. The van der Waals surface area contributed by atoms with Crippen LogP contribution in [0.25, 0.3) is 11.2 Å². The van der Waals surface area contributed by atoms with Crippen molar-refractivity contribution < 1.29 is 0 Å². The van der Waals surface area contributed by atoms with Crippen molar-refractivity contribution in [3.05, 3.63) is 44.2 Å². The van der Waals surface area contributed by atoms with Crippen LogP contribution in [0, 0.1) is 20.8 Å². The number of imidazole rings is 1. The van der Waals surface area contributed by atoms with Crippen LogP contribution in [-0.2, 0) is 13.6 Å². The predicted octanol–water partition coefficient (Wildman–Crippen LogP) is 1.73. The molecule has 23 heavy (non-hydrogen) atoms. The van der Waals surface area contributed by atoms with Gasteiger partial charge in [-0.1, -0.05) is 11.6 Å². The van der Waals surface area contributed by atoms with Gasteiger partial charge < -0.3 is 5.73 Å². The third-order valence-electron chi connectivity index (χ3n) is 4.26.